The Morgan fingerprint density at radius 2 is 2.03 bits per heavy atom. The molecule has 0 aliphatic carbocycles. The van der Waals surface area contributed by atoms with Crippen molar-refractivity contribution in [1.82, 2.24) is 4.90 Å². The number of likely N-dealkylation sites (tertiary alicyclic amines) is 1. The van der Waals surface area contributed by atoms with Crippen molar-refractivity contribution in [2.24, 2.45) is 5.73 Å². The lowest BCUT2D eigenvalue weighted by atomic mass is 9.92. The Morgan fingerprint density at radius 1 is 1.38 bits per heavy atom. The van der Waals surface area contributed by atoms with E-state index < -0.39 is 46.0 Å². The van der Waals surface area contributed by atoms with Gasteiger partial charge in [0.2, 0.25) is 0 Å². The van der Waals surface area contributed by atoms with Crippen molar-refractivity contribution in [3.8, 4) is 5.75 Å². The van der Waals surface area contributed by atoms with E-state index in [0.717, 1.165) is 6.07 Å². The normalized spacial score (nSPS) is 16.1. The molecule has 2 N–H and O–H groups in total. The molecular weight excluding hydrogens is 447 g/mol. The van der Waals surface area contributed by atoms with Crippen LogP contribution in [0.4, 0.5) is 22.0 Å². The van der Waals surface area contributed by atoms with Crippen molar-refractivity contribution in [3.05, 3.63) is 27.6 Å². The van der Waals surface area contributed by atoms with Gasteiger partial charge in [0, 0.05) is 23.2 Å². The Kier molecular flexibility index (Phi) is 5.62. The van der Waals surface area contributed by atoms with E-state index in [0.29, 0.717) is 17.4 Å². The molecule has 0 saturated carbocycles. The summed E-state index contributed by atoms with van der Waals surface area (Å²) in [6.07, 6.45) is -4.92. The number of carbonyl (C=O) groups excluding carboxylic acids is 2. The zero-order valence-corrected chi connectivity index (χ0v) is 15.8. The number of halogens is 6. The van der Waals surface area contributed by atoms with Gasteiger partial charge in [-0.2, -0.15) is 22.0 Å². The van der Waals surface area contributed by atoms with Crippen LogP contribution in [0.25, 0.3) is 10.1 Å². The molecule has 1 aliphatic rings. The zero-order valence-electron chi connectivity index (χ0n) is 14.3. The van der Waals surface area contributed by atoms with Crippen molar-refractivity contribution in [2.45, 2.75) is 18.3 Å². The summed E-state index contributed by atoms with van der Waals surface area (Å²) in [7, 11) is 0. The smallest absolute Gasteiger partial charge is 0.417 e. The van der Waals surface area contributed by atoms with Gasteiger partial charge in [0.1, 0.15) is 17.2 Å². The Labute approximate surface area is 168 Å². The second kappa shape index (κ2) is 7.58. The predicted molar refractivity (Wildman–Crippen MR) is 93.3 cm³/mol. The van der Waals surface area contributed by atoms with Gasteiger partial charge in [-0.1, -0.05) is 11.6 Å². The fraction of sp³-hybridized carbons (Fsp3) is 0.375. The number of rotatable bonds is 6. The van der Waals surface area contributed by atoms with E-state index in [-0.39, 0.29) is 35.7 Å². The molecule has 2 heterocycles. The van der Waals surface area contributed by atoms with Crippen LogP contribution in [0.1, 0.15) is 15.2 Å². The maximum atomic E-state index is 13.4. The van der Waals surface area contributed by atoms with Crippen LogP contribution in [0.5, 0.6) is 5.75 Å². The van der Waals surface area contributed by atoms with Gasteiger partial charge < -0.3 is 20.1 Å². The Hall–Kier alpha value is -2.18. The van der Waals surface area contributed by atoms with Crippen LogP contribution in [0, 0.1) is 0 Å². The number of ether oxygens (including phenoxy) is 2. The van der Waals surface area contributed by atoms with Gasteiger partial charge in [0.25, 0.3) is 12.4 Å². The Bertz CT molecular complexity index is 959. The van der Waals surface area contributed by atoms with Gasteiger partial charge in [-0.05, 0) is 12.1 Å². The van der Waals surface area contributed by atoms with Crippen molar-refractivity contribution < 1.29 is 41.0 Å². The molecule has 0 spiro atoms. The molecule has 29 heavy (non-hydrogen) atoms. The first-order chi connectivity index (χ1) is 13.4. The van der Waals surface area contributed by atoms with Crippen LogP contribution in [-0.2, 0) is 15.7 Å². The molecule has 6 nitrogen and oxygen atoms in total. The van der Waals surface area contributed by atoms with E-state index >= 15 is 0 Å². The van der Waals surface area contributed by atoms with Gasteiger partial charge in [-0.3, -0.25) is 9.59 Å². The van der Waals surface area contributed by atoms with Crippen molar-refractivity contribution in [3.63, 3.8) is 0 Å². The molecule has 0 radical (unpaired) electrons. The van der Waals surface area contributed by atoms with Crippen LogP contribution in [0.15, 0.2) is 12.1 Å². The number of amides is 1. The average molecular weight is 459 g/mol. The number of hydrogen-bond acceptors (Lipinski definition) is 6. The molecule has 3 rings (SSSR count). The third-order valence-electron chi connectivity index (χ3n) is 4.17. The van der Waals surface area contributed by atoms with E-state index in [2.05, 4.69) is 9.47 Å². The van der Waals surface area contributed by atoms with Gasteiger partial charge in [0.15, 0.2) is 0 Å². The molecular formula is C16H12ClF5N2O4S. The first-order valence-corrected chi connectivity index (χ1v) is 9.06. The van der Waals surface area contributed by atoms with E-state index in [1.807, 2.05) is 0 Å². The summed E-state index contributed by atoms with van der Waals surface area (Å²) in [5.41, 5.74) is 3.66. The minimum Gasteiger partial charge on any atom is -0.466 e. The summed E-state index contributed by atoms with van der Waals surface area (Å²) in [5.74, 6) is -1.37. The quantitative estimate of drug-likeness (QED) is 0.529. The fourth-order valence-corrected chi connectivity index (χ4v) is 4.56. The van der Waals surface area contributed by atoms with Gasteiger partial charge >= 0.3 is 12.8 Å². The lowest BCUT2D eigenvalue weighted by molar-refractivity contribution is -0.136. The van der Waals surface area contributed by atoms with Crippen LogP contribution in [-0.4, -0.2) is 49.1 Å². The third kappa shape index (κ3) is 4.23. The molecule has 1 amide bonds. The van der Waals surface area contributed by atoms with Crippen molar-refractivity contribution >= 4 is 45.4 Å². The monoisotopic (exact) mass is 458 g/mol. The standard InChI is InChI=1S/C16H12ClF5N2O4S/c17-11-10-8(16(20,21)22)1-7(28-14(18)19)2-9(10)29-12(11)13(26)24-3-15(23,4-24)5-27-6-25/h1-2,6,14H,3-5,23H2. The van der Waals surface area contributed by atoms with Crippen molar-refractivity contribution in [2.75, 3.05) is 19.7 Å². The minimum atomic E-state index is -4.92. The minimum absolute atomic E-state index is 0.00385. The van der Waals surface area contributed by atoms with E-state index in [1.165, 1.54) is 4.90 Å². The summed E-state index contributed by atoms with van der Waals surface area (Å²) in [4.78, 5) is 23.9. The zero-order chi connectivity index (χ0) is 21.6. The number of fused-ring (bicyclic) bond motifs is 1. The third-order valence-corrected chi connectivity index (χ3v) is 5.78. The second-order valence-corrected chi connectivity index (χ2v) is 7.83. The maximum absolute atomic E-state index is 13.4. The summed E-state index contributed by atoms with van der Waals surface area (Å²) < 4.78 is 73.7. The molecule has 13 heteroatoms. The second-order valence-electron chi connectivity index (χ2n) is 6.40. The maximum Gasteiger partial charge on any atom is 0.417 e. The summed E-state index contributed by atoms with van der Waals surface area (Å²) in [6, 6.07) is 1.37. The number of benzene rings is 1. The number of carbonyl (C=O) groups is 2. The van der Waals surface area contributed by atoms with Crippen LogP contribution in [0.2, 0.25) is 5.02 Å². The highest BCUT2D eigenvalue weighted by atomic mass is 35.5. The number of hydrogen-bond donors (Lipinski definition) is 1. The van der Waals surface area contributed by atoms with Gasteiger partial charge in [-0.25, -0.2) is 0 Å². The Morgan fingerprint density at radius 3 is 2.59 bits per heavy atom. The highest BCUT2D eigenvalue weighted by Gasteiger charge is 2.44. The topological polar surface area (TPSA) is 81.9 Å². The SMILES string of the molecule is NC1(COC=O)CN(C(=O)c2sc3cc(OC(F)F)cc(C(F)(F)F)c3c2Cl)C1. The molecule has 0 bridgehead atoms. The number of nitrogens with two attached hydrogens (primary N) is 1. The fourth-order valence-electron chi connectivity index (χ4n) is 2.99. The summed E-state index contributed by atoms with van der Waals surface area (Å²) in [6.45, 7) is -3.25. The molecule has 0 unspecified atom stereocenters. The molecule has 0 atom stereocenters. The largest absolute Gasteiger partial charge is 0.466 e. The van der Waals surface area contributed by atoms with Crippen molar-refractivity contribution in [1.29, 1.82) is 0 Å². The Balaban J connectivity index is 1.97. The molecule has 1 saturated heterocycles. The first-order valence-electron chi connectivity index (χ1n) is 7.86. The molecule has 1 aliphatic heterocycles. The molecule has 2 aromatic rings. The van der Waals surface area contributed by atoms with Crippen LogP contribution < -0.4 is 10.5 Å². The van der Waals surface area contributed by atoms with E-state index in [1.54, 1.807) is 0 Å². The number of alkyl halides is 5. The van der Waals surface area contributed by atoms with E-state index in [4.69, 9.17) is 17.3 Å². The highest BCUT2D eigenvalue weighted by Crippen LogP contribution is 2.46. The molecule has 158 valence electrons. The van der Waals surface area contributed by atoms with E-state index in [9.17, 15) is 31.5 Å². The van der Waals surface area contributed by atoms with Crippen LogP contribution in [0.3, 0.4) is 0 Å². The van der Waals surface area contributed by atoms with Crippen LogP contribution >= 0.6 is 22.9 Å². The predicted octanol–water partition coefficient (Wildman–Crippen LogP) is 3.50. The molecule has 1 aromatic heterocycles. The number of nitrogens with zero attached hydrogens (tertiary/aromatic N) is 1. The molecule has 1 fully saturated rings. The lowest BCUT2D eigenvalue weighted by Gasteiger charge is -2.46. The molecule has 1 aromatic carbocycles. The van der Waals surface area contributed by atoms with Gasteiger partial charge in [0.05, 0.1) is 16.1 Å². The first kappa shape index (κ1) is 21.5. The highest BCUT2D eigenvalue weighted by molar-refractivity contribution is 7.21. The van der Waals surface area contributed by atoms with Gasteiger partial charge in [-0.15, -0.1) is 11.3 Å². The summed E-state index contributed by atoms with van der Waals surface area (Å²) >= 11 is 6.70. The summed E-state index contributed by atoms with van der Waals surface area (Å²) in [5, 5.41) is -0.914. The lowest BCUT2D eigenvalue weighted by Crippen LogP contribution is -2.70. The number of thiophene rings is 1. The average Bonchev–Trinajstić information content (AvgIpc) is 2.91.